The number of hydrogen-bond donors (Lipinski definition) is 2. The summed E-state index contributed by atoms with van der Waals surface area (Å²) in [5.41, 5.74) is -1.52. The van der Waals surface area contributed by atoms with Gasteiger partial charge in [-0.05, 0) is 36.8 Å². The van der Waals surface area contributed by atoms with Crippen LogP contribution < -0.4 is 10.0 Å². The summed E-state index contributed by atoms with van der Waals surface area (Å²) < 4.78 is 98.1. The Morgan fingerprint density at radius 3 is 2.24 bits per heavy atom. The van der Waals surface area contributed by atoms with Gasteiger partial charge in [0.05, 0.1) is 26.9 Å². The van der Waals surface area contributed by atoms with Gasteiger partial charge in [-0.1, -0.05) is 38.0 Å². The molecule has 0 heterocycles. The molecule has 0 atom stereocenters. The second-order valence-electron chi connectivity index (χ2n) is 7.14. The topological polar surface area (TPSA) is 119 Å². The number of unbranched alkanes of at least 4 members (excludes halogenated alkanes) is 2. The molecular formula is C21H25F3N2O6S2. The average molecular weight is 523 g/mol. The second-order valence-corrected chi connectivity index (χ2v) is 10.8. The number of sulfonamides is 1. The molecule has 0 aliphatic carbocycles. The van der Waals surface area contributed by atoms with Gasteiger partial charge in [-0.15, -0.1) is 0 Å². The van der Waals surface area contributed by atoms with Crippen molar-refractivity contribution < 1.29 is 39.5 Å². The maximum Gasteiger partial charge on any atom is 0.417 e. The standard InChI is InChI=1S/C21H25F3N2O6S2/c1-2-3-7-14-32-20(27)25-12-13-26-34(30,31)19-15-17(10-11-18(19)21(22,23)24)33(28,29)16-8-5-4-6-9-16/h4-6,8-11,15,26H,2-3,7,12-14H2,1H3,(H,25,27). The summed E-state index contributed by atoms with van der Waals surface area (Å²) in [6.07, 6.45) is -3.38. The largest absolute Gasteiger partial charge is 0.450 e. The number of carbonyl (C=O) groups is 1. The van der Waals surface area contributed by atoms with E-state index in [1.807, 2.05) is 11.6 Å². The smallest absolute Gasteiger partial charge is 0.417 e. The van der Waals surface area contributed by atoms with Crippen molar-refractivity contribution in [1.29, 1.82) is 0 Å². The van der Waals surface area contributed by atoms with Gasteiger partial charge < -0.3 is 10.1 Å². The van der Waals surface area contributed by atoms with Crippen LogP contribution in [-0.2, 0) is 30.8 Å². The van der Waals surface area contributed by atoms with Gasteiger partial charge in [0.2, 0.25) is 19.9 Å². The summed E-state index contributed by atoms with van der Waals surface area (Å²) in [6, 6.07) is 8.49. The molecule has 2 aromatic carbocycles. The maximum atomic E-state index is 13.5. The summed E-state index contributed by atoms with van der Waals surface area (Å²) in [5.74, 6) is 0. The Kier molecular flexibility index (Phi) is 9.47. The lowest BCUT2D eigenvalue weighted by Crippen LogP contribution is -2.35. The van der Waals surface area contributed by atoms with E-state index in [-0.39, 0.29) is 18.0 Å². The number of alkyl halides is 3. The molecule has 0 bridgehead atoms. The van der Waals surface area contributed by atoms with Gasteiger partial charge in [-0.25, -0.2) is 26.4 Å². The van der Waals surface area contributed by atoms with Crippen LogP contribution in [0.25, 0.3) is 0 Å². The number of nitrogens with one attached hydrogen (secondary N) is 2. The normalized spacial score (nSPS) is 12.4. The fourth-order valence-electron chi connectivity index (χ4n) is 2.86. The molecule has 0 fully saturated rings. The molecule has 2 N–H and O–H groups in total. The number of halogens is 3. The number of amides is 1. The van der Waals surface area contributed by atoms with E-state index >= 15 is 0 Å². The molecule has 0 saturated heterocycles. The summed E-state index contributed by atoms with van der Waals surface area (Å²) in [4.78, 5) is 9.50. The van der Waals surface area contributed by atoms with E-state index in [0.29, 0.717) is 24.6 Å². The number of hydrogen-bond acceptors (Lipinski definition) is 6. The zero-order valence-corrected chi connectivity index (χ0v) is 19.9. The van der Waals surface area contributed by atoms with E-state index in [1.54, 1.807) is 6.07 Å². The van der Waals surface area contributed by atoms with Crippen LogP contribution in [0.15, 0.2) is 63.2 Å². The van der Waals surface area contributed by atoms with Crippen LogP contribution in [0.1, 0.15) is 31.7 Å². The molecule has 0 aliphatic rings. The molecule has 1 amide bonds. The van der Waals surface area contributed by atoms with Crippen molar-refractivity contribution in [2.45, 2.75) is 47.0 Å². The van der Waals surface area contributed by atoms with Crippen LogP contribution in [0, 0.1) is 0 Å². The number of carbonyl (C=O) groups excluding carboxylic acids is 1. The molecule has 0 spiro atoms. The number of ether oxygens (including phenoxy) is 1. The first-order valence-corrected chi connectivity index (χ1v) is 13.3. The SMILES string of the molecule is CCCCCOC(=O)NCCNS(=O)(=O)c1cc(S(=O)(=O)c2ccccc2)ccc1C(F)(F)F. The van der Waals surface area contributed by atoms with Gasteiger partial charge in [0, 0.05) is 13.1 Å². The molecule has 0 radical (unpaired) electrons. The van der Waals surface area contributed by atoms with Crippen LogP contribution in [-0.4, -0.2) is 42.6 Å². The number of sulfone groups is 1. The Morgan fingerprint density at radius 2 is 1.62 bits per heavy atom. The lowest BCUT2D eigenvalue weighted by atomic mass is 10.2. The molecule has 0 unspecified atom stereocenters. The van der Waals surface area contributed by atoms with Crippen molar-refractivity contribution in [3.8, 4) is 0 Å². The molecule has 0 aromatic heterocycles. The summed E-state index contributed by atoms with van der Waals surface area (Å²) in [7, 11) is -9.05. The molecule has 34 heavy (non-hydrogen) atoms. The van der Waals surface area contributed by atoms with Gasteiger partial charge in [0.1, 0.15) is 0 Å². The Morgan fingerprint density at radius 1 is 0.941 bits per heavy atom. The number of alkyl carbamates (subject to hydrolysis) is 1. The molecule has 2 aromatic rings. The zero-order chi connectivity index (χ0) is 25.4. The van der Waals surface area contributed by atoms with Crippen LogP contribution in [0.4, 0.5) is 18.0 Å². The third-order valence-corrected chi connectivity index (χ3v) is 7.85. The molecule has 2 rings (SSSR count). The number of benzene rings is 2. The van der Waals surface area contributed by atoms with E-state index in [1.165, 1.54) is 24.3 Å². The molecule has 0 saturated carbocycles. The van der Waals surface area contributed by atoms with Crippen molar-refractivity contribution in [2.75, 3.05) is 19.7 Å². The van der Waals surface area contributed by atoms with E-state index in [4.69, 9.17) is 4.74 Å². The van der Waals surface area contributed by atoms with Crippen LogP contribution >= 0.6 is 0 Å². The summed E-state index contributed by atoms with van der Waals surface area (Å²) in [5, 5.41) is 2.28. The van der Waals surface area contributed by atoms with E-state index in [2.05, 4.69) is 5.32 Å². The van der Waals surface area contributed by atoms with Crippen molar-refractivity contribution >= 4 is 26.0 Å². The summed E-state index contributed by atoms with van der Waals surface area (Å²) in [6.45, 7) is 1.46. The highest BCUT2D eigenvalue weighted by molar-refractivity contribution is 7.91. The first-order chi connectivity index (χ1) is 15.9. The van der Waals surface area contributed by atoms with E-state index < -0.39 is 54.0 Å². The van der Waals surface area contributed by atoms with Gasteiger partial charge in [0.15, 0.2) is 0 Å². The molecule has 0 aliphatic heterocycles. The van der Waals surface area contributed by atoms with E-state index in [0.717, 1.165) is 12.8 Å². The Hall–Kier alpha value is -2.64. The molecule has 13 heteroatoms. The van der Waals surface area contributed by atoms with Crippen molar-refractivity contribution in [3.63, 3.8) is 0 Å². The van der Waals surface area contributed by atoms with Crippen molar-refractivity contribution in [3.05, 3.63) is 54.1 Å². The Balaban J connectivity index is 2.21. The minimum Gasteiger partial charge on any atom is -0.450 e. The van der Waals surface area contributed by atoms with Gasteiger partial charge in [0.25, 0.3) is 0 Å². The second kappa shape index (κ2) is 11.7. The molecule has 8 nitrogen and oxygen atoms in total. The molecule has 188 valence electrons. The van der Waals surface area contributed by atoms with Gasteiger partial charge >= 0.3 is 12.3 Å². The van der Waals surface area contributed by atoms with Crippen molar-refractivity contribution in [2.24, 2.45) is 0 Å². The highest BCUT2D eigenvalue weighted by Crippen LogP contribution is 2.36. The first kappa shape index (κ1) is 27.6. The lowest BCUT2D eigenvalue weighted by molar-refractivity contribution is -0.139. The lowest BCUT2D eigenvalue weighted by Gasteiger charge is -2.16. The monoisotopic (exact) mass is 522 g/mol. The quantitative estimate of drug-likeness (QED) is 0.434. The third kappa shape index (κ3) is 7.43. The predicted octanol–water partition coefficient (Wildman–Crippen LogP) is 3.73. The van der Waals surface area contributed by atoms with Crippen LogP contribution in [0.2, 0.25) is 0 Å². The van der Waals surface area contributed by atoms with Gasteiger partial charge in [-0.2, -0.15) is 13.2 Å². The minimum absolute atomic E-state index is 0.184. The predicted molar refractivity (Wildman–Crippen MR) is 117 cm³/mol. The highest BCUT2D eigenvalue weighted by Gasteiger charge is 2.38. The zero-order valence-electron chi connectivity index (χ0n) is 18.3. The Labute approximate surface area is 196 Å². The van der Waals surface area contributed by atoms with Crippen LogP contribution in [0.5, 0.6) is 0 Å². The minimum atomic E-state index is -5.06. The maximum absolute atomic E-state index is 13.5. The highest BCUT2D eigenvalue weighted by atomic mass is 32.2. The fourth-order valence-corrected chi connectivity index (χ4v) is 5.52. The molecular weight excluding hydrogens is 497 g/mol. The average Bonchev–Trinajstić information content (AvgIpc) is 2.79. The van der Waals surface area contributed by atoms with Crippen LogP contribution in [0.3, 0.4) is 0 Å². The van der Waals surface area contributed by atoms with Crippen molar-refractivity contribution in [1.82, 2.24) is 10.0 Å². The third-order valence-electron chi connectivity index (χ3n) is 4.58. The fraction of sp³-hybridized carbons (Fsp3) is 0.381. The van der Waals surface area contributed by atoms with E-state index in [9.17, 15) is 34.8 Å². The first-order valence-electron chi connectivity index (χ1n) is 10.3. The van der Waals surface area contributed by atoms with Gasteiger partial charge in [-0.3, -0.25) is 0 Å². The Bertz CT molecular complexity index is 1180. The number of rotatable bonds is 11. The summed E-state index contributed by atoms with van der Waals surface area (Å²) >= 11 is 0.